The summed E-state index contributed by atoms with van der Waals surface area (Å²) in [6.45, 7) is 1.60. The van der Waals surface area contributed by atoms with Gasteiger partial charge in [0.15, 0.2) is 0 Å². The highest BCUT2D eigenvalue weighted by molar-refractivity contribution is 5.97. The summed E-state index contributed by atoms with van der Waals surface area (Å²) in [6, 6.07) is 1.40. The lowest BCUT2D eigenvalue weighted by atomic mass is 10.1. The zero-order chi connectivity index (χ0) is 15.6. The maximum atomic E-state index is 13.8. The molecule has 1 aliphatic rings. The molecule has 114 valence electrons. The number of rotatable bonds is 5. The minimum absolute atomic E-state index is 0.118. The molecule has 0 bridgehead atoms. The molecule has 2 rings (SSSR count). The van der Waals surface area contributed by atoms with Gasteiger partial charge in [0.25, 0.3) is 5.91 Å². The predicted molar refractivity (Wildman–Crippen MR) is 71.5 cm³/mol. The molecule has 7 heteroatoms. The molecule has 0 spiro atoms. The number of nitrogens with zero attached hydrogens (tertiary/aromatic N) is 1. The lowest BCUT2D eigenvalue weighted by Crippen LogP contribution is -2.38. The molecule has 1 fully saturated rings. The quantitative estimate of drug-likeness (QED) is 0.663. The summed E-state index contributed by atoms with van der Waals surface area (Å²) < 4.78 is 31.7. The molecule has 0 heterocycles. The summed E-state index contributed by atoms with van der Waals surface area (Å²) in [7, 11) is 0. The Balaban J connectivity index is 2.22. The fraction of sp³-hybridized carbons (Fsp3) is 0.429. The van der Waals surface area contributed by atoms with Crippen molar-refractivity contribution < 1.29 is 23.1 Å². The number of carbonyl (C=O) groups excluding carboxylic acids is 2. The first-order chi connectivity index (χ1) is 9.93. The van der Waals surface area contributed by atoms with Gasteiger partial charge in [-0.25, -0.2) is 8.78 Å². The van der Waals surface area contributed by atoms with Crippen molar-refractivity contribution in [2.45, 2.75) is 25.8 Å². The van der Waals surface area contributed by atoms with E-state index in [0.717, 1.165) is 18.9 Å². The SMILES string of the molecule is CCOC(=O)CN(C(=O)c1cc(N)c(F)cc1F)C1CC1. The molecule has 1 amide bonds. The molecule has 0 saturated heterocycles. The smallest absolute Gasteiger partial charge is 0.325 e. The van der Waals surface area contributed by atoms with Crippen LogP contribution in [0.4, 0.5) is 14.5 Å². The van der Waals surface area contributed by atoms with E-state index in [-0.39, 0.29) is 30.4 Å². The summed E-state index contributed by atoms with van der Waals surface area (Å²) in [4.78, 5) is 25.1. The van der Waals surface area contributed by atoms with Crippen LogP contribution in [0.25, 0.3) is 0 Å². The lowest BCUT2D eigenvalue weighted by Gasteiger charge is -2.21. The van der Waals surface area contributed by atoms with E-state index in [1.54, 1.807) is 6.92 Å². The number of nitrogens with two attached hydrogens (primary N) is 1. The standard InChI is InChI=1S/C14H16F2N2O3/c1-2-21-13(19)7-18(8-3-4-8)14(20)9-5-12(17)11(16)6-10(9)15/h5-6,8H,2-4,7,17H2,1H3. The van der Waals surface area contributed by atoms with Crippen molar-refractivity contribution in [2.24, 2.45) is 0 Å². The zero-order valence-corrected chi connectivity index (χ0v) is 11.6. The van der Waals surface area contributed by atoms with Gasteiger partial charge in [-0.1, -0.05) is 0 Å². The van der Waals surface area contributed by atoms with Crippen LogP contribution in [-0.4, -0.2) is 36.0 Å². The van der Waals surface area contributed by atoms with Crippen LogP contribution in [0.1, 0.15) is 30.1 Å². The number of hydrogen-bond acceptors (Lipinski definition) is 4. The van der Waals surface area contributed by atoms with Crippen LogP contribution in [-0.2, 0) is 9.53 Å². The lowest BCUT2D eigenvalue weighted by molar-refractivity contribution is -0.144. The Morgan fingerprint density at radius 1 is 1.33 bits per heavy atom. The summed E-state index contributed by atoms with van der Waals surface area (Å²) in [5.41, 5.74) is 4.71. The number of carbonyl (C=O) groups is 2. The van der Waals surface area contributed by atoms with Crippen LogP contribution >= 0.6 is 0 Å². The van der Waals surface area contributed by atoms with Crippen molar-refractivity contribution in [1.29, 1.82) is 0 Å². The molecule has 5 nitrogen and oxygen atoms in total. The van der Waals surface area contributed by atoms with Crippen LogP contribution in [0.2, 0.25) is 0 Å². The van der Waals surface area contributed by atoms with Crippen molar-refractivity contribution >= 4 is 17.6 Å². The normalized spacial score (nSPS) is 13.9. The molecular weight excluding hydrogens is 282 g/mol. The van der Waals surface area contributed by atoms with E-state index in [0.29, 0.717) is 6.07 Å². The number of halogens is 2. The first kappa shape index (κ1) is 15.2. The number of anilines is 1. The first-order valence-corrected chi connectivity index (χ1v) is 6.65. The topological polar surface area (TPSA) is 72.6 Å². The van der Waals surface area contributed by atoms with E-state index in [1.807, 2.05) is 0 Å². The van der Waals surface area contributed by atoms with Gasteiger partial charge in [0.1, 0.15) is 18.2 Å². The van der Waals surface area contributed by atoms with E-state index < -0.39 is 23.5 Å². The molecule has 0 aromatic heterocycles. The number of nitrogen functional groups attached to an aromatic ring is 1. The van der Waals surface area contributed by atoms with E-state index in [2.05, 4.69) is 0 Å². The van der Waals surface area contributed by atoms with Crippen molar-refractivity contribution in [3.05, 3.63) is 29.3 Å². The maximum absolute atomic E-state index is 13.8. The zero-order valence-electron chi connectivity index (χ0n) is 11.6. The van der Waals surface area contributed by atoms with Crippen LogP contribution in [0, 0.1) is 11.6 Å². The fourth-order valence-electron chi connectivity index (χ4n) is 1.98. The Kier molecular flexibility index (Phi) is 4.40. The fourth-order valence-corrected chi connectivity index (χ4v) is 1.98. The first-order valence-electron chi connectivity index (χ1n) is 6.65. The van der Waals surface area contributed by atoms with Crippen LogP contribution < -0.4 is 5.73 Å². The van der Waals surface area contributed by atoms with Crippen molar-refractivity contribution in [1.82, 2.24) is 4.90 Å². The monoisotopic (exact) mass is 298 g/mol. The van der Waals surface area contributed by atoms with Crippen LogP contribution in [0.5, 0.6) is 0 Å². The number of hydrogen-bond donors (Lipinski definition) is 1. The summed E-state index contributed by atoms with van der Waals surface area (Å²) in [5.74, 6) is -3.17. The second-order valence-electron chi connectivity index (χ2n) is 4.82. The van der Waals surface area contributed by atoms with Crippen LogP contribution in [0.15, 0.2) is 12.1 Å². The summed E-state index contributed by atoms with van der Waals surface area (Å²) >= 11 is 0. The molecule has 1 saturated carbocycles. The Bertz CT molecular complexity index is 574. The molecule has 2 N–H and O–H groups in total. The Hall–Kier alpha value is -2.18. The van der Waals surface area contributed by atoms with E-state index in [1.165, 1.54) is 4.90 Å². The van der Waals surface area contributed by atoms with Gasteiger partial charge in [0.2, 0.25) is 0 Å². The number of esters is 1. The van der Waals surface area contributed by atoms with Crippen molar-refractivity contribution in [2.75, 3.05) is 18.9 Å². The highest BCUT2D eigenvalue weighted by Gasteiger charge is 2.35. The van der Waals surface area contributed by atoms with Gasteiger partial charge < -0.3 is 15.4 Å². The van der Waals surface area contributed by atoms with Gasteiger partial charge >= 0.3 is 5.97 Å². The van der Waals surface area contributed by atoms with Gasteiger partial charge in [-0.2, -0.15) is 0 Å². The molecule has 0 aliphatic heterocycles. The summed E-state index contributed by atoms with van der Waals surface area (Å²) in [6.07, 6.45) is 1.48. The Morgan fingerprint density at radius 2 is 2.00 bits per heavy atom. The Morgan fingerprint density at radius 3 is 2.57 bits per heavy atom. The minimum atomic E-state index is -0.999. The average Bonchev–Trinajstić information content (AvgIpc) is 3.24. The third-order valence-electron chi connectivity index (χ3n) is 3.17. The third kappa shape index (κ3) is 3.48. The molecule has 1 aromatic carbocycles. The largest absolute Gasteiger partial charge is 0.465 e. The van der Waals surface area contributed by atoms with E-state index in [4.69, 9.17) is 10.5 Å². The highest BCUT2D eigenvalue weighted by Crippen LogP contribution is 2.29. The molecule has 1 aromatic rings. The van der Waals surface area contributed by atoms with Gasteiger partial charge in [-0.3, -0.25) is 9.59 Å². The highest BCUT2D eigenvalue weighted by atomic mass is 19.1. The minimum Gasteiger partial charge on any atom is -0.465 e. The molecular formula is C14H16F2N2O3. The Labute approximate surface area is 120 Å². The van der Waals surface area contributed by atoms with E-state index in [9.17, 15) is 18.4 Å². The number of ether oxygens (including phenoxy) is 1. The van der Waals surface area contributed by atoms with Crippen LogP contribution in [0.3, 0.4) is 0 Å². The van der Waals surface area contributed by atoms with Gasteiger partial charge in [-0.15, -0.1) is 0 Å². The number of amides is 1. The third-order valence-corrected chi connectivity index (χ3v) is 3.17. The van der Waals surface area contributed by atoms with E-state index >= 15 is 0 Å². The van der Waals surface area contributed by atoms with Crippen molar-refractivity contribution in [3.63, 3.8) is 0 Å². The molecule has 21 heavy (non-hydrogen) atoms. The van der Waals surface area contributed by atoms with Gasteiger partial charge in [-0.05, 0) is 25.8 Å². The summed E-state index contributed by atoms with van der Waals surface area (Å²) in [5, 5.41) is 0. The number of benzene rings is 1. The average molecular weight is 298 g/mol. The van der Waals surface area contributed by atoms with Gasteiger partial charge in [0.05, 0.1) is 17.9 Å². The second kappa shape index (κ2) is 6.07. The molecule has 1 aliphatic carbocycles. The maximum Gasteiger partial charge on any atom is 0.325 e. The van der Waals surface area contributed by atoms with Crippen molar-refractivity contribution in [3.8, 4) is 0 Å². The molecule has 0 radical (unpaired) electrons. The molecule has 0 atom stereocenters. The molecule has 0 unspecified atom stereocenters. The second-order valence-corrected chi connectivity index (χ2v) is 4.82. The van der Waals surface area contributed by atoms with Gasteiger partial charge in [0, 0.05) is 12.1 Å². The predicted octanol–water partition coefficient (Wildman–Crippen LogP) is 1.71.